The third-order valence-electron chi connectivity index (χ3n) is 8.27. The van der Waals surface area contributed by atoms with Gasteiger partial charge in [0.05, 0.1) is 4.88 Å². The van der Waals surface area contributed by atoms with Crippen molar-refractivity contribution in [1.82, 2.24) is 14.7 Å². The average molecular weight is 442 g/mol. The minimum Gasteiger partial charge on any atom is -0.340 e. The van der Waals surface area contributed by atoms with E-state index in [4.69, 9.17) is 0 Å². The molecule has 2 heterocycles. The second-order valence-corrected chi connectivity index (χ2v) is 11.4. The first-order valence-corrected chi connectivity index (χ1v) is 12.8. The molecule has 2 bridgehead atoms. The van der Waals surface area contributed by atoms with E-state index in [2.05, 4.69) is 29.7 Å². The number of allylic oxidation sites excluding steroid dienone is 1. The third kappa shape index (κ3) is 4.21. The Balaban J connectivity index is 1.20. The molecule has 4 aliphatic carbocycles. The molecule has 168 valence electrons. The van der Waals surface area contributed by atoms with Crippen LogP contribution in [0.25, 0.3) is 0 Å². The van der Waals surface area contributed by atoms with Crippen molar-refractivity contribution < 1.29 is 9.59 Å². The average Bonchev–Trinajstić information content (AvgIpc) is 3.49. The largest absolute Gasteiger partial charge is 0.340 e. The molecule has 0 aromatic carbocycles. The van der Waals surface area contributed by atoms with Crippen LogP contribution in [0.5, 0.6) is 0 Å². The van der Waals surface area contributed by atoms with E-state index >= 15 is 0 Å². The second kappa shape index (κ2) is 8.36. The maximum Gasteiger partial charge on any atom is 0.264 e. The maximum atomic E-state index is 13.3. The zero-order chi connectivity index (χ0) is 21.6. The molecule has 1 aromatic heterocycles. The minimum atomic E-state index is 0.165. The minimum absolute atomic E-state index is 0.165. The van der Waals surface area contributed by atoms with Gasteiger partial charge in [0.2, 0.25) is 5.91 Å². The van der Waals surface area contributed by atoms with Crippen molar-refractivity contribution in [3.8, 4) is 0 Å². The van der Waals surface area contributed by atoms with Crippen LogP contribution in [0, 0.1) is 23.2 Å². The fourth-order valence-electron chi connectivity index (χ4n) is 5.73. The highest BCUT2D eigenvalue weighted by atomic mass is 32.1. The number of carbonyl (C=O) groups excluding carboxylic acids is 2. The number of carbonyl (C=O) groups is 2. The van der Waals surface area contributed by atoms with Crippen molar-refractivity contribution in [1.29, 1.82) is 0 Å². The van der Waals surface area contributed by atoms with Crippen molar-refractivity contribution in [2.24, 2.45) is 23.2 Å². The quantitative estimate of drug-likeness (QED) is 0.606. The maximum absolute atomic E-state index is 13.3. The lowest BCUT2D eigenvalue weighted by atomic mass is 9.49. The van der Waals surface area contributed by atoms with E-state index in [0.29, 0.717) is 23.2 Å². The van der Waals surface area contributed by atoms with E-state index in [1.54, 1.807) is 0 Å². The Morgan fingerprint density at radius 1 is 1.19 bits per heavy atom. The predicted octanol–water partition coefficient (Wildman–Crippen LogP) is 3.74. The lowest BCUT2D eigenvalue weighted by Gasteiger charge is -2.57. The summed E-state index contributed by atoms with van der Waals surface area (Å²) in [4.78, 5) is 33.0. The third-order valence-corrected chi connectivity index (χ3v) is 9.13. The lowest BCUT2D eigenvalue weighted by molar-refractivity contribution is -0.134. The molecule has 31 heavy (non-hydrogen) atoms. The van der Waals surface area contributed by atoms with Gasteiger partial charge in [-0.05, 0) is 54.4 Å². The van der Waals surface area contributed by atoms with Crippen LogP contribution >= 0.6 is 11.3 Å². The molecule has 5 nitrogen and oxygen atoms in total. The Morgan fingerprint density at radius 3 is 2.58 bits per heavy atom. The number of piperazine rings is 1. The van der Waals surface area contributed by atoms with Crippen LogP contribution < -0.4 is 0 Å². The Hall–Kier alpha value is -1.66. The fraction of sp³-hybridized carbons (Fsp3) is 0.680. The monoisotopic (exact) mass is 441 g/mol. The van der Waals surface area contributed by atoms with Crippen LogP contribution in [0.1, 0.15) is 49.2 Å². The van der Waals surface area contributed by atoms with E-state index in [1.165, 1.54) is 23.3 Å². The zero-order valence-corrected chi connectivity index (χ0v) is 19.7. The van der Waals surface area contributed by atoms with Crippen molar-refractivity contribution in [2.75, 3.05) is 45.8 Å². The molecule has 5 aliphatic rings. The fourth-order valence-corrected chi connectivity index (χ4v) is 6.42. The molecule has 1 aromatic rings. The van der Waals surface area contributed by atoms with Gasteiger partial charge in [-0.3, -0.25) is 14.5 Å². The Morgan fingerprint density at radius 2 is 1.97 bits per heavy atom. The molecule has 0 N–H and O–H groups in total. The molecule has 0 radical (unpaired) electrons. The predicted molar refractivity (Wildman–Crippen MR) is 124 cm³/mol. The first-order valence-electron chi connectivity index (χ1n) is 12.0. The molecule has 2 amide bonds. The molecule has 2 unspecified atom stereocenters. The van der Waals surface area contributed by atoms with Crippen molar-refractivity contribution in [3.05, 3.63) is 34.0 Å². The number of thiophene rings is 1. The first-order chi connectivity index (χ1) is 14.9. The van der Waals surface area contributed by atoms with Crippen molar-refractivity contribution in [2.45, 2.75) is 39.5 Å². The summed E-state index contributed by atoms with van der Waals surface area (Å²) in [6, 6.07) is 3.91. The molecule has 1 aliphatic heterocycles. The lowest BCUT2D eigenvalue weighted by Crippen LogP contribution is -2.52. The Kier molecular flexibility index (Phi) is 5.72. The number of rotatable bonds is 7. The summed E-state index contributed by atoms with van der Waals surface area (Å²) in [5.41, 5.74) is 1.85. The number of hydrogen-bond acceptors (Lipinski definition) is 4. The van der Waals surface area contributed by atoms with Gasteiger partial charge in [-0.1, -0.05) is 31.6 Å². The summed E-state index contributed by atoms with van der Waals surface area (Å²) in [5.74, 6) is 2.28. The van der Waals surface area contributed by atoms with Gasteiger partial charge in [0.15, 0.2) is 0 Å². The summed E-state index contributed by atoms with van der Waals surface area (Å²) >= 11 is 1.54. The molecular formula is C25H35N3O2S. The number of nitrogens with zero attached hydrogens (tertiary/aromatic N) is 3. The normalized spacial score (nSPS) is 27.4. The summed E-state index contributed by atoms with van der Waals surface area (Å²) in [6.45, 7) is 10.7. The van der Waals surface area contributed by atoms with Crippen molar-refractivity contribution in [3.63, 3.8) is 0 Å². The van der Waals surface area contributed by atoms with Gasteiger partial charge in [-0.25, -0.2) is 0 Å². The molecule has 6 heteroatoms. The molecule has 3 fully saturated rings. The molecule has 1 saturated heterocycles. The number of amides is 2. The Labute approximate surface area is 190 Å². The summed E-state index contributed by atoms with van der Waals surface area (Å²) in [7, 11) is 0. The summed E-state index contributed by atoms with van der Waals surface area (Å²) in [6.07, 6.45) is 7.02. The van der Waals surface area contributed by atoms with Crippen LogP contribution in [-0.2, 0) is 4.79 Å². The highest BCUT2D eigenvalue weighted by Crippen LogP contribution is 2.59. The van der Waals surface area contributed by atoms with E-state index in [0.717, 1.165) is 75.9 Å². The smallest absolute Gasteiger partial charge is 0.264 e. The van der Waals surface area contributed by atoms with E-state index in [9.17, 15) is 9.59 Å². The Bertz CT molecular complexity index is 850. The van der Waals surface area contributed by atoms with Crippen LogP contribution in [0.2, 0.25) is 0 Å². The highest BCUT2D eigenvalue weighted by molar-refractivity contribution is 7.12. The van der Waals surface area contributed by atoms with Crippen molar-refractivity contribution >= 4 is 23.2 Å². The van der Waals surface area contributed by atoms with Gasteiger partial charge in [0.25, 0.3) is 5.91 Å². The van der Waals surface area contributed by atoms with Gasteiger partial charge in [-0.2, -0.15) is 0 Å². The van der Waals surface area contributed by atoms with Crippen LogP contribution in [0.15, 0.2) is 29.2 Å². The first kappa shape index (κ1) is 21.2. The van der Waals surface area contributed by atoms with Gasteiger partial charge in [0.1, 0.15) is 0 Å². The van der Waals surface area contributed by atoms with E-state index in [1.807, 2.05) is 22.4 Å². The number of fused-ring (bicyclic) bond motifs is 1. The summed E-state index contributed by atoms with van der Waals surface area (Å²) in [5, 5.41) is 1.99. The van der Waals surface area contributed by atoms with Gasteiger partial charge < -0.3 is 9.80 Å². The SMILES string of the molecule is CC1(C)C2CC=C(CN(CCN3CCN(C(=O)C4CC4)CC3)C(=O)c3cccs3)C1C2. The van der Waals surface area contributed by atoms with Gasteiger partial charge in [-0.15, -0.1) is 11.3 Å². The van der Waals surface area contributed by atoms with Gasteiger partial charge >= 0.3 is 0 Å². The molecule has 2 atom stereocenters. The highest BCUT2D eigenvalue weighted by Gasteiger charge is 2.51. The molecule has 2 saturated carbocycles. The van der Waals surface area contributed by atoms with Crippen LogP contribution in [0.3, 0.4) is 0 Å². The van der Waals surface area contributed by atoms with Crippen LogP contribution in [0.4, 0.5) is 0 Å². The standard InChI is InChI=1S/C25H35N3O2S/c1-25(2)20-8-7-19(21(25)16-20)17-28(24(30)22-4-3-15-31-22)14-11-26-9-12-27(13-10-26)23(29)18-5-6-18/h3-4,7,15,18,20-21H,5-6,8-14,16-17H2,1-2H3. The van der Waals surface area contributed by atoms with E-state index < -0.39 is 0 Å². The molecular weight excluding hydrogens is 406 g/mol. The summed E-state index contributed by atoms with van der Waals surface area (Å²) < 4.78 is 0. The number of hydrogen-bond donors (Lipinski definition) is 0. The topological polar surface area (TPSA) is 43.9 Å². The van der Waals surface area contributed by atoms with Crippen LogP contribution in [-0.4, -0.2) is 72.3 Å². The van der Waals surface area contributed by atoms with E-state index in [-0.39, 0.29) is 5.91 Å². The van der Waals surface area contributed by atoms with Gasteiger partial charge in [0, 0.05) is 51.7 Å². The zero-order valence-electron chi connectivity index (χ0n) is 18.9. The molecule has 6 rings (SSSR count). The molecule has 0 spiro atoms. The second-order valence-electron chi connectivity index (χ2n) is 10.5.